The summed E-state index contributed by atoms with van der Waals surface area (Å²) < 4.78 is 2.58. The maximum atomic E-state index is 2.58. The fourth-order valence-electron chi connectivity index (χ4n) is 11.6. The Labute approximate surface area is 350 Å². The molecular weight excluding hydrogens is 725 g/mol. The fourth-order valence-corrected chi connectivity index (χ4v) is 11.6. The highest BCUT2D eigenvalue weighted by molar-refractivity contribution is 6.14. The van der Waals surface area contributed by atoms with Gasteiger partial charge in [0.25, 0.3) is 0 Å². The smallest absolute Gasteiger partial charge is 0.0755 e. The van der Waals surface area contributed by atoms with Crippen molar-refractivity contribution in [3.8, 4) is 39.1 Å². The van der Waals surface area contributed by atoms with Crippen LogP contribution in [0.3, 0.4) is 0 Å². The lowest BCUT2D eigenvalue weighted by Crippen LogP contribution is -2.34. The molecule has 0 bridgehead atoms. The Morgan fingerprint density at radius 2 is 0.917 bits per heavy atom. The molecule has 1 spiro atoms. The van der Waals surface area contributed by atoms with E-state index in [9.17, 15) is 0 Å². The van der Waals surface area contributed by atoms with Crippen molar-refractivity contribution in [3.05, 3.63) is 240 Å². The average Bonchev–Trinajstić information content (AvgIpc) is 3.88. The van der Waals surface area contributed by atoms with Crippen molar-refractivity contribution in [2.75, 3.05) is 4.90 Å². The molecule has 2 heteroatoms. The summed E-state index contributed by atoms with van der Waals surface area (Å²) in [4.78, 5) is 2.48. The molecule has 0 amide bonds. The Balaban J connectivity index is 1.09. The molecule has 2 aliphatic carbocycles. The molecule has 1 aromatic heterocycles. The first-order chi connectivity index (χ1) is 29.6. The summed E-state index contributed by atoms with van der Waals surface area (Å²) in [6.07, 6.45) is 0. The van der Waals surface area contributed by atoms with Gasteiger partial charge in [0.15, 0.2) is 0 Å². The van der Waals surface area contributed by atoms with Gasteiger partial charge in [-0.1, -0.05) is 184 Å². The van der Waals surface area contributed by atoms with Crippen LogP contribution in [0.25, 0.3) is 60.9 Å². The van der Waals surface area contributed by atoms with Gasteiger partial charge in [0.05, 0.1) is 27.8 Å². The van der Waals surface area contributed by atoms with Crippen LogP contribution in [0.2, 0.25) is 0 Å². The van der Waals surface area contributed by atoms with Crippen LogP contribution in [-0.2, 0) is 10.8 Å². The minimum atomic E-state index is -0.521. The van der Waals surface area contributed by atoms with E-state index in [4.69, 9.17) is 0 Å². The normalized spacial score (nSPS) is 14.4. The van der Waals surface area contributed by atoms with Crippen LogP contribution in [0.1, 0.15) is 47.2 Å². The lowest BCUT2D eigenvalue weighted by molar-refractivity contribution is 0.660. The van der Waals surface area contributed by atoms with Gasteiger partial charge in [-0.25, -0.2) is 0 Å². The van der Waals surface area contributed by atoms with Gasteiger partial charge < -0.3 is 9.47 Å². The van der Waals surface area contributed by atoms with E-state index in [2.05, 4.69) is 230 Å². The third-order valence-corrected chi connectivity index (χ3v) is 14.0. The zero-order valence-electron chi connectivity index (χ0n) is 33.5. The largest absolute Gasteiger partial charge is 0.308 e. The van der Waals surface area contributed by atoms with E-state index in [0.29, 0.717) is 0 Å². The van der Waals surface area contributed by atoms with Crippen LogP contribution in [0, 0.1) is 0 Å². The minimum Gasteiger partial charge on any atom is -0.308 e. The number of benzene rings is 9. The molecule has 2 heterocycles. The molecule has 13 rings (SSSR count). The lowest BCUT2D eigenvalue weighted by Gasteiger charge is -2.41. The van der Waals surface area contributed by atoms with Crippen LogP contribution in [-0.4, -0.2) is 4.57 Å². The monoisotopic (exact) mass is 764 g/mol. The van der Waals surface area contributed by atoms with E-state index >= 15 is 0 Å². The maximum absolute atomic E-state index is 2.58. The molecule has 0 radical (unpaired) electrons. The van der Waals surface area contributed by atoms with Crippen molar-refractivity contribution in [1.29, 1.82) is 0 Å². The SMILES string of the molecule is CC1(C)c2ccccc2-c2c(-c3ccc(N(c4ccccc4)c4cccc5c4-n4c6ccccc6c6cccc(c64)C54c5ccccc5-c5ccccc54)cc3)cccc21. The first-order valence-electron chi connectivity index (χ1n) is 21.1. The van der Waals surface area contributed by atoms with Crippen LogP contribution in [0.4, 0.5) is 17.1 Å². The van der Waals surface area contributed by atoms with Crippen molar-refractivity contribution in [2.24, 2.45) is 0 Å². The summed E-state index contributed by atoms with van der Waals surface area (Å²) in [5, 5.41) is 2.54. The topological polar surface area (TPSA) is 8.17 Å². The number of anilines is 3. The summed E-state index contributed by atoms with van der Waals surface area (Å²) in [7, 11) is 0. The van der Waals surface area contributed by atoms with E-state index in [0.717, 1.165) is 17.1 Å². The molecule has 3 aliphatic rings. The second-order valence-corrected chi connectivity index (χ2v) is 17.2. The molecule has 10 aromatic rings. The van der Waals surface area contributed by atoms with Crippen LogP contribution >= 0.6 is 0 Å². The fraction of sp³-hybridized carbons (Fsp3) is 0.0690. The van der Waals surface area contributed by atoms with Crippen LogP contribution in [0.5, 0.6) is 0 Å². The predicted molar refractivity (Wildman–Crippen MR) is 249 cm³/mol. The van der Waals surface area contributed by atoms with E-state index in [1.165, 1.54) is 94.3 Å². The molecule has 1 aliphatic heterocycles. The zero-order chi connectivity index (χ0) is 39.7. The summed E-state index contributed by atoms with van der Waals surface area (Å²) in [6, 6.07) is 77.2. The van der Waals surface area contributed by atoms with Gasteiger partial charge in [0.2, 0.25) is 0 Å². The maximum Gasteiger partial charge on any atom is 0.0755 e. The molecule has 0 saturated carbocycles. The van der Waals surface area contributed by atoms with Crippen molar-refractivity contribution >= 4 is 38.9 Å². The molecule has 0 saturated heterocycles. The summed E-state index contributed by atoms with van der Waals surface area (Å²) in [6.45, 7) is 4.71. The van der Waals surface area contributed by atoms with Crippen LogP contribution in [0.15, 0.2) is 206 Å². The van der Waals surface area contributed by atoms with Crippen molar-refractivity contribution in [3.63, 3.8) is 0 Å². The van der Waals surface area contributed by atoms with Gasteiger partial charge in [0.1, 0.15) is 0 Å². The Bertz CT molecular complexity index is 3360. The summed E-state index contributed by atoms with van der Waals surface area (Å²) >= 11 is 0. The number of nitrogens with zero attached hydrogens (tertiary/aromatic N) is 2. The van der Waals surface area contributed by atoms with E-state index < -0.39 is 5.41 Å². The Morgan fingerprint density at radius 3 is 1.68 bits per heavy atom. The first kappa shape index (κ1) is 33.5. The number of fused-ring (bicyclic) bond motifs is 15. The molecular formula is C58H40N2. The standard InChI is InChI=1S/C58H40N2/c1-57(2)46-25-10-8-22-45(46)54-40(23-14-28-49(54)57)37-33-35-39(36-34-37)59(38-17-4-3-5-18-38)53-32-16-30-51-56(53)60-52-31-13-9-21-43(52)44-24-15-29-50(55(44)60)58(51)47-26-11-6-19-41(47)42-20-7-12-27-48(42)58/h3-36H,1-2H3. The second-order valence-electron chi connectivity index (χ2n) is 17.2. The van der Waals surface area contributed by atoms with Gasteiger partial charge in [-0.15, -0.1) is 0 Å². The molecule has 60 heavy (non-hydrogen) atoms. The number of rotatable bonds is 4. The van der Waals surface area contributed by atoms with Gasteiger partial charge >= 0.3 is 0 Å². The van der Waals surface area contributed by atoms with E-state index in [-0.39, 0.29) is 5.41 Å². The Kier molecular flexibility index (Phi) is 6.74. The van der Waals surface area contributed by atoms with Gasteiger partial charge in [-0.2, -0.15) is 0 Å². The highest BCUT2D eigenvalue weighted by Crippen LogP contribution is 2.62. The molecule has 0 N–H and O–H groups in total. The molecule has 9 aromatic carbocycles. The Morgan fingerprint density at radius 1 is 0.383 bits per heavy atom. The van der Waals surface area contributed by atoms with Crippen molar-refractivity contribution in [1.82, 2.24) is 4.57 Å². The number of aromatic nitrogens is 1. The van der Waals surface area contributed by atoms with Crippen molar-refractivity contribution < 1.29 is 0 Å². The minimum absolute atomic E-state index is 0.0528. The molecule has 282 valence electrons. The van der Waals surface area contributed by atoms with Gasteiger partial charge in [0, 0.05) is 27.6 Å². The van der Waals surface area contributed by atoms with Crippen LogP contribution < -0.4 is 4.90 Å². The van der Waals surface area contributed by atoms with E-state index in [1.807, 2.05) is 0 Å². The molecule has 0 atom stereocenters. The van der Waals surface area contributed by atoms with Crippen molar-refractivity contribution in [2.45, 2.75) is 24.7 Å². The van der Waals surface area contributed by atoms with Gasteiger partial charge in [-0.3, -0.25) is 0 Å². The first-order valence-corrected chi connectivity index (χ1v) is 21.1. The predicted octanol–water partition coefficient (Wildman–Crippen LogP) is 14.9. The third kappa shape index (κ3) is 4.17. The summed E-state index contributed by atoms with van der Waals surface area (Å²) in [5.41, 5.74) is 22.4. The van der Waals surface area contributed by atoms with E-state index in [1.54, 1.807) is 0 Å². The summed E-state index contributed by atoms with van der Waals surface area (Å²) in [5.74, 6) is 0. The highest BCUT2D eigenvalue weighted by atomic mass is 15.2. The number of para-hydroxylation sites is 4. The zero-order valence-corrected chi connectivity index (χ0v) is 33.5. The molecule has 0 unspecified atom stereocenters. The molecule has 2 nitrogen and oxygen atoms in total. The quantitative estimate of drug-likeness (QED) is 0.173. The average molecular weight is 765 g/mol. The van der Waals surface area contributed by atoms with Gasteiger partial charge in [-0.05, 0) is 103 Å². The third-order valence-electron chi connectivity index (χ3n) is 14.0. The Hall–Kier alpha value is -7.42. The second kappa shape index (κ2) is 12.1. The number of hydrogen-bond acceptors (Lipinski definition) is 1. The lowest BCUT2D eigenvalue weighted by atomic mass is 9.65. The number of hydrogen-bond donors (Lipinski definition) is 0. The molecule has 0 fully saturated rings. The highest BCUT2D eigenvalue weighted by Gasteiger charge is 2.51.